The number of hydrogen-bond acceptors (Lipinski definition) is 6. The lowest BCUT2D eigenvalue weighted by atomic mass is 10.7. The molecule has 0 aliphatic carbocycles. The molecular weight excluding hydrogens is 152 g/mol. The second-order valence-electron chi connectivity index (χ2n) is 2.19. The van der Waals surface area contributed by atoms with Gasteiger partial charge in [-0.15, -0.1) is 9.81 Å². The van der Waals surface area contributed by atoms with Crippen molar-refractivity contribution in [3.05, 3.63) is 9.81 Å². The highest BCUT2D eigenvalue weighted by Gasteiger charge is 2.20. The highest BCUT2D eigenvalue weighted by molar-refractivity contribution is 4.58. The molecule has 0 radical (unpaired) electrons. The fraction of sp³-hybridized carbons (Fsp3) is 1.00. The van der Waals surface area contributed by atoms with Gasteiger partial charge in [-0.05, 0) is 0 Å². The highest BCUT2D eigenvalue weighted by atomic mass is 16.3. The second-order valence-corrected chi connectivity index (χ2v) is 2.19. The van der Waals surface area contributed by atoms with Crippen molar-refractivity contribution in [1.82, 2.24) is 15.0 Å². The van der Waals surface area contributed by atoms with Gasteiger partial charge in [-0.1, -0.05) is 0 Å². The van der Waals surface area contributed by atoms with Gasteiger partial charge in [0.25, 0.3) is 0 Å². The van der Waals surface area contributed by atoms with E-state index in [1.165, 1.54) is 5.01 Å². The Balaban J connectivity index is 2.49. The highest BCUT2D eigenvalue weighted by Crippen LogP contribution is 2.03. The van der Waals surface area contributed by atoms with Crippen molar-refractivity contribution in [2.45, 2.75) is 0 Å². The van der Waals surface area contributed by atoms with Gasteiger partial charge in [-0.3, -0.25) is 5.84 Å². The molecule has 8 heteroatoms. The summed E-state index contributed by atoms with van der Waals surface area (Å²) in [4.78, 5) is 20.0. The predicted octanol–water partition coefficient (Wildman–Crippen LogP) is -0.985. The molecule has 1 aliphatic rings. The summed E-state index contributed by atoms with van der Waals surface area (Å²) >= 11 is 0. The largest absolute Gasteiger partial charge is 0.265 e. The van der Waals surface area contributed by atoms with Gasteiger partial charge >= 0.3 is 0 Å². The zero-order valence-corrected chi connectivity index (χ0v) is 5.75. The van der Waals surface area contributed by atoms with E-state index in [2.05, 4.69) is 10.6 Å². The number of hydrazine groups is 1. The summed E-state index contributed by atoms with van der Waals surface area (Å²) in [5, 5.41) is 8.67. The maximum Gasteiger partial charge on any atom is 0.133 e. The molecular formula is C3H8N6O2. The van der Waals surface area contributed by atoms with Gasteiger partial charge in [0.15, 0.2) is 0 Å². The maximum atomic E-state index is 9.99. The zero-order valence-electron chi connectivity index (χ0n) is 5.75. The van der Waals surface area contributed by atoms with E-state index in [9.17, 15) is 9.81 Å². The molecule has 0 atom stereocenters. The average molecular weight is 160 g/mol. The smallest absolute Gasteiger partial charge is 0.133 e. The van der Waals surface area contributed by atoms with Crippen LogP contribution in [0, 0.1) is 9.81 Å². The lowest BCUT2D eigenvalue weighted by Gasteiger charge is -2.33. The van der Waals surface area contributed by atoms with E-state index in [-0.39, 0.29) is 20.0 Å². The van der Waals surface area contributed by atoms with Crippen molar-refractivity contribution in [3.63, 3.8) is 0 Å². The Hall–Kier alpha value is -1.28. The van der Waals surface area contributed by atoms with Gasteiger partial charge in [0.05, 0.1) is 10.6 Å². The van der Waals surface area contributed by atoms with Crippen LogP contribution in [-0.2, 0) is 0 Å². The van der Waals surface area contributed by atoms with Crippen molar-refractivity contribution in [1.29, 1.82) is 0 Å². The predicted molar refractivity (Wildman–Crippen MR) is 35.9 cm³/mol. The topological polar surface area (TPSA) is 94.6 Å². The van der Waals surface area contributed by atoms with E-state index in [1.807, 2.05) is 0 Å². The van der Waals surface area contributed by atoms with E-state index >= 15 is 0 Å². The monoisotopic (exact) mass is 160 g/mol. The summed E-state index contributed by atoms with van der Waals surface area (Å²) in [6.07, 6.45) is 0. The number of nitrogens with zero attached hydrogens (tertiary/aromatic N) is 5. The summed E-state index contributed by atoms with van der Waals surface area (Å²) in [6.45, 7) is 0.533. The van der Waals surface area contributed by atoms with Crippen molar-refractivity contribution in [2.75, 3.05) is 20.0 Å². The van der Waals surface area contributed by atoms with Crippen LogP contribution in [0.5, 0.6) is 0 Å². The van der Waals surface area contributed by atoms with Crippen molar-refractivity contribution < 1.29 is 0 Å². The fourth-order valence-electron chi connectivity index (χ4n) is 0.845. The first-order chi connectivity index (χ1) is 5.26. The first-order valence-corrected chi connectivity index (χ1v) is 2.92. The van der Waals surface area contributed by atoms with Gasteiger partial charge in [0.1, 0.15) is 20.0 Å². The van der Waals surface area contributed by atoms with Crippen LogP contribution in [0.2, 0.25) is 0 Å². The van der Waals surface area contributed by atoms with E-state index in [4.69, 9.17) is 5.84 Å². The van der Waals surface area contributed by atoms with Crippen LogP contribution in [0.25, 0.3) is 0 Å². The number of nitroso groups, excluding NO2 is 2. The third-order valence-electron chi connectivity index (χ3n) is 1.25. The van der Waals surface area contributed by atoms with E-state index in [1.54, 1.807) is 0 Å². The SMILES string of the molecule is NN1CN(N=O)CN(N=O)C1. The molecule has 11 heavy (non-hydrogen) atoms. The quantitative estimate of drug-likeness (QED) is 0.412. The first kappa shape index (κ1) is 7.82. The molecule has 0 unspecified atom stereocenters. The van der Waals surface area contributed by atoms with Crippen LogP contribution in [-0.4, -0.2) is 35.0 Å². The fourth-order valence-corrected chi connectivity index (χ4v) is 0.845. The maximum absolute atomic E-state index is 9.99. The van der Waals surface area contributed by atoms with Crippen LogP contribution < -0.4 is 5.84 Å². The van der Waals surface area contributed by atoms with E-state index in [0.29, 0.717) is 0 Å². The van der Waals surface area contributed by atoms with Gasteiger partial charge < -0.3 is 0 Å². The molecule has 0 aromatic rings. The minimum absolute atomic E-state index is 0.0979. The molecule has 0 aromatic carbocycles. The van der Waals surface area contributed by atoms with Crippen LogP contribution in [0.3, 0.4) is 0 Å². The molecule has 1 fully saturated rings. The molecule has 2 N–H and O–H groups in total. The van der Waals surface area contributed by atoms with Crippen LogP contribution >= 0.6 is 0 Å². The molecule has 1 heterocycles. The molecule has 1 rings (SSSR count). The van der Waals surface area contributed by atoms with E-state index in [0.717, 1.165) is 10.0 Å². The zero-order chi connectivity index (χ0) is 8.27. The lowest BCUT2D eigenvalue weighted by molar-refractivity contribution is -0.0301. The molecule has 0 saturated carbocycles. The molecule has 1 aliphatic heterocycles. The van der Waals surface area contributed by atoms with Crippen LogP contribution in [0.4, 0.5) is 0 Å². The molecule has 8 nitrogen and oxygen atoms in total. The lowest BCUT2D eigenvalue weighted by Crippen LogP contribution is -2.53. The molecule has 0 bridgehead atoms. The minimum Gasteiger partial charge on any atom is -0.265 e. The Morgan fingerprint density at radius 1 is 1.00 bits per heavy atom. The standard InChI is InChI=1S/C3H8N6O2/c4-7-1-8(5-10)3-9(2-7)6-11/h1-4H2. The summed E-state index contributed by atoms with van der Waals surface area (Å²) < 4.78 is 0. The summed E-state index contributed by atoms with van der Waals surface area (Å²) in [5.41, 5.74) is 0. The molecule has 0 spiro atoms. The van der Waals surface area contributed by atoms with Gasteiger partial charge in [-0.25, -0.2) is 15.0 Å². The summed E-state index contributed by atoms with van der Waals surface area (Å²) in [5.74, 6) is 5.32. The Labute approximate surface area is 62.4 Å². The van der Waals surface area contributed by atoms with Crippen LogP contribution in [0.15, 0.2) is 10.6 Å². The summed E-state index contributed by atoms with van der Waals surface area (Å²) in [7, 11) is 0. The van der Waals surface area contributed by atoms with Gasteiger partial charge in [-0.2, -0.15) is 0 Å². The molecule has 1 saturated heterocycles. The minimum atomic E-state index is 0.0979. The summed E-state index contributed by atoms with van der Waals surface area (Å²) in [6, 6.07) is 0. The number of hydrogen-bond donors (Lipinski definition) is 1. The molecule has 0 aromatic heterocycles. The Morgan fingerprint density at radius 3 is 1.82 bits per heavy atom. The third-order valence-corrected chi connectivity index (χ3v) is 1.25. The number of rotatable bonds is 2. The second kappa shape index (κ2) is 3.21. The average Bonchev–Trinajstić information content (AvgIpc) is 2.03. The Morgan fingerprint density at radius 2 is 1.45 bits per heavy atom. The number of nitrogens with two attached hydrogens (primary N) is 1. The van der Waals surface area contributed by atoms with Crippen molar-refractivity contribution in [2.24, 2.45) is 16.4 Å². The van der Waals surface area contributed by atoms with Crippen molar-refractivity contribution >= 4 is 0 Å². The van der Waals surface area contributed by atoms with Gasteiger partial charge in [0, 0.05) is 0 Å². The Bertz CT molecular complexity index is 146. The third kappa shape index (κ3) is 1.82. The van der Waals surface area contributed by atoms with E-state index < -0.39 is 0 Å². The Kier molecular flexibility index (Phi) is 2.28. The normalized spacial score (nSPS) is 20.1. The van der Waals surface area contributed by atoms with Crippen molar-refractivity contribution in [3.8, 4) is 0 Å². The molecule has 62 valence electrons. The molecule has 0 amide bonds. The van der Waals surface area contributed by atoms with Crippen LogP contribution in [0.1, 0.15) is 0 Å². The van der Waals surface area contributed by atoms with Gasteiger partial charge in [0.2, 0.25) is 0 Å². The first-order valence-electron chi connectivity index (χ1n) is 2.92.